The van der Waals surface area contributed by atoms with Crippen molar-refractivity contribution in [1.82, 2.24) is 0 Å². The lowest BCUT2D eigenvalue weighted by atomic mass is 9.87. The first-order chi connectivity index (χ1) is 50.3. The second kappa shape index (κ2) is 28.3. The van der Waals surface area contributed by atoms with E-state index >= 15 is 0 Å². The molecule has 0 aliphatic carbocycles. The summed E-state index contributed by atoms with van der Waals surface area (Å²) in [5, 5.41) is 14.7. The van der Waals surface area contributed by atoms with Gasteiger partial charge in [0, 0.05) is 67.0 Å². The molecule has 0 heterocycles. The molecule has 0 N–H and O–H groups in total. The van der Waals surface area contributed by atoms with Gasteiger partial charge in [0.15, 0.2) is 0 Å². The van der Waals surface area contributed by atoms with Crippen molar-refractivity contribution in [3.05, 3.63) is 361 Å². The van der Waals surface area contributed by atoms with Crippen LogP contribution in [0.3, 0.4) is 0 Å². The Morgan fingerprint density at radius 3 is 0.615 bits per heavy atom. The maximum Gasteiger partial charge on any atom is 0.0546 e. The van der Waals surface area contributed by atoms with Gasteiger partial charge in [-0.2, -0.15) is 0 Å². The predicted octanol–water partition coefficient (Wildman–Crippen LogP) is 29.6. The first-order valence-electron chi connectivity index (χ1n) is 36.9. The topological polar surface area (TPSA) is 13.0 Å². The number of hydrogen-bond acceptors (Lipinski definition) is 4. The quantitative estimate of drug-likeness (QED) is 0.101. The maximum atomic E-state index is 2.43. The highest BCUT2D eigenvalue weighted by Gasteiger charge is 2.26. The molecule has 16 aromatic carbocycles. The van der Waals surface area contributed by atoms with E-state index in [1.54, 1.807) is 0 Å². The highest BCUT2D eigenvalue weighted by atomic mass is 15.2. The van der Waals surface area contributed by atoms with Crippen LogP contribution in [0.15, 0.2) is 328 Å². The number of nitrogens with zero attached hydrogens (tertiary/aromatic N) is 4. The molecule has 104 heavy (non-hydrogen) atoms. The van der Waals surface area contributed by atoms with Gasteiger partial charge < -0.3 is 19.6 Å². The summed E-state index contributed by atoms with van der Waals surface area (Å²) in [6.45, 7) is 26.9. The SMILES string of the molecule is CC(C)(C)c1ccc(N(c2ccccc2)c2cc3c4ccccc4c(N(c4ccccc4)c4ccc(C(C)(C)C)cc4)cc3c3ccccc23)cc1.Cc1ccc(N(c2ccc(C(C)C)cc2)c2cc3c4ccccc4c(N(c4ccc(C)cc4)c4ccc(C(C)C)cc4)cc3c3ccccc23)cc1. The molecule has 16 rings (SSSR count). The molecule has 0 aliphatic heterocycles. The Hall–Kier alpha value is -11.7. The zero-order valence-electron chi connectivity index (χ0n) is 62.1. The Bertz CT molecular complexity index is 5370. The van der Waals surface area contributed by atoms with Gasteiger partial charge in [-0.15, -0.1) is 0 Å². The van der Waals surface area contributed by atoms with Gasteiger partial charge in [0.25, 0.3) is 0 Å². The largest absolute Gasteiger partial charge is 0.310 e. The normalized spacial score (nSPS) is 11.8. The van der Waals surface area contributed by atoms with Gasteiger partial charge in [0.2, 0.25) is 0 Å². The second-order valence-corrected chi connectivity index (χ2v) is 30.7. The molecular formula is C100H92N4. The van der Waals surface area contributed by atoms with Crippen LogP contribution in [0, 0.1) is 13.8 Å². The van der Waals surface area contributed by atoms with Crippen molar-refractivity contribution in [1.29, 1.82) is 0 Å². The van der Waals surface area contributed by atoms with Gasteiger partial charge in [0.1, 0.15) is 0 Å². The zero-order valence-corrected chi connectivity index (χ0v) is 62.1. The molecule has 0 unspecified atom stereocenters. The summed E-state index contributed by atoms with van der Waals surface area (Å²) in [6.07, 6.45) is 0. The Kier molecular flexibility index (Phi) is 18.5. The number of benzene rings is 16. The number of aryl methyl sites for hydroxylation is 2. The average Bonchev–Trinajstić information content (AvgIpc) is 0.731. The summed E-state index contributed by atoms with van der Waals surface area (Å²) >= 11 is 0. The molecule has 0 saturated heterocycles. The van der Waals surface area contributed by atoms with Crippen LogP contribution in [0.4, 0.5) is 68.2 Å². The monoisotopic (exact) mass is 1350 g/mol. The minimum absolute atomic E-state index is 0.0740. The second-order valence-electron chi connectivity index (χ2n) is 30.7. The molecule has 0 saturated carbocycles. The number of rotatable bonds is 14. The van der Waals surface area contributed by atoms with Crippen molar-refractivity contribution >= 4 is 133 Å². The standard InChI is InChI=1S/2C50H46N2/c1-33(2)37-19-27-41(28-20-37)51(39-23-15-35(5)16-24-39)49-31-47-44-12-8-10-14-46(44)50(32-48(47)43-11-7-9-13-45(43)49)52(40-25-17-36(6)18-26-40)42-29-21-38(22-30-42)34(3)4;1-49(2,3)35-25-29-39(30-26-35)51(37-17-9-7-10-18-37)47-33-45-42-22-14-16-24-44(42)48(34-46(45)41-21-13-15-23-43(41)47)52(38-19-11-8-12-20-38)40-31-27-36(28-32-40)50(4,5)6/h2*7-34H,1-6H3. The Morgan fingerprint density at radius 1 is 0.202 bits per heavy atom. The van der Waals surface area contributed by atoms with Gasteiger partial charge >= 0.3 is 0 Å². The third kappa shape index (κ3) is 13.3. The third-order valence-electron chi connectivity index (χ3n) is 20.9. The van der Waals surface area contributed by atoms with Crippen molar-refractivity contribution in [3.8, 4) is 0 Å². The lowest BCUT2D eigenvalue weighted by Gasteiger charge is -2.30. The molecule has 4 nitrogen and oxygen atoms in total. The average molecular weight is 1350 g/mol. The molecule has 512 valence electrons. The molecular weight excluding hydrogens is 1260 g/mol. The fourth-order valence-corrected chi connectivity index (χ4v) is 15.1. The van der Waals surface area contributed by atoms with Gasteiger partial charge in [-0.05, 0) is 223 Å². The lowest BCUT2D eigenvalue weighted by molar-refractivity contribution is 0.590. The molecule has 0 atom stereocenters. The van der Waals surface area contributed by atoms with Crippen molar-refractivity contribution in [2.75, 3.05) is 19.6 Å². The zero-order chi connectivity index (χ0) is 72.0. The van der Waals surface area contributed by atoms with E-state index in [0.29, 0.717) is 11.8 Å². The first kappa shape index (κ1) is 68.1. The maximum absolute atomic E-state index is 2.43. The van der Waals surface area contributed by atoms with Crippen LogP contribution in [-0.2, 0) is 10.8 Å². The van der Waals surface area contributed by atoms with Gasteiger partial charge in [-0.1, -0.05) is 287 Å². The van der Waals surface area contributed by atoms with Gasteiger partial charge in [0.05, 0.1) is 22.7 Å². The van der Waals surface area contributed by atoms with Crippen molar-refractivity contribution in [2.45, 2.75) is 106 Å². The van der Waals surface area contributed by atoms with E-state index in [1.807, 2.05) is 0 Å². The molecule has 0 fully saturated rings. The predicted molar refractivity (Wildman–Crippen MR) is 452 cm³/mol. The summed E-state index contributed by atoms with van der Waals surface area (Å²) < 4.78 is 0. The molecule has 0 amide bonds. The highest BCUT2D eigenvalue weighted by molar-refractivity contribution is 6.26. The number of anilines is 12. The number of hydrogen-bond donors (Lipinski definition) is 0. The van der Waals surface area contributed by atoms with E-state index < -0.39 is 0 Å². The van der Waals surface area contributed by atoms with Crippen LogP contribution in [0.25, 0.3) is 64.6 Å². The van der Waals surface area contributed by atoms with E-state index in [1.165, 1.54) is 109 Å². The van der Waals surface area contributed by atoms with Crippen LogP contribution in [0.1, 0.15) is 114 Å². The van der Waals surface area contributed by atoms with Crippen LogP contribution in [0.5, 0.6) is 0 Å². The van der Waals surface area contributed by atoms with Crippen LogP contribution in [-0.4, -0.2) is 0 Å². The molecule has 4 heteroatoms. The summed E-state index contributed by atoms with van der Waals surface area (Å²) in [5.41, 5.74) is 21.7. The van der Waals surface area contributed by atoms with Crippen molar-refractivity contribution < 1.29 is 0 Å². The van der Waals surface area contributed by atoms with Crippen LogP contribution in [0.2, 0.25) is 0 Å². The van der Waals surface area contributed by atoms with Gasteiger partial charge in [-0.25, -0.2) is 0 Å². The number of fused-ring (bicyclic) bond motifs is 10. The fourth-order valence-electron chi connectivity index (χ4n) is 15.1. The molecule has 0 spiro atoms. The molecule has 0 bridgehead atoms. The molecule has 0 radical (unpaired) electrons. The Labute approximate surface area is 615 Å². The Balaban J connectivity index is 0.000000167. The smallest absolute Gasteiger partial charge is 0.0546 e. The molecule has 0 aromatic heterocycles. The van der Waals surface area contributed by atoms with E-state index in [4.69, 9.17) is 0 Å². The minimum atomic E-state index is 0.0740. The van der Waals surface area contributed by atoms with Crippen LogP contribution >= 0.6 is 0 Å². The number of para-hydroxylation sites is 2. The third-order valence-corrected chi connectivity index (χ3v) is 20.9. The van der Waals surface area contributed by atoms with Crippen molar-refractivity contribution in [2.24, 2.45) is 0 Å². The summed E-state index contributed by atoms with van der Waals surface area (Å²) in [4.78, 5) is 9.71. The van der Waals surface area contributed by atoms with E-state index in [-0.39, 0.29) is 10.8 Å². The molecule has 0 aliphatic rings. The van der Waals surface area contributed by atoms with Crippen LogP contribution < -0.4 is 19.6 Å². The molecule has 16 aromatic rings. The summed E-state index contributed by atoms with van der Waals surface area (Å²) in [5.74, 6) is 0.938. The minimum Gasteiger partial charge on any atom is -0.310 e. The first-order valence-corrected chi connectivity index (χ1v) is 36.9. The van der Waals surface area contributed by atoms with Crippen molar-refractivity contribution in [3.63, 3.8) is 0 Å². The fraction of sp³-hybridized carbons (Fsp3) is 0.160. The Morgan fingerprint density at radius 2 is 0.394 bits per heavy atom. The van der Waals surface area contributed by atoms with Gasteiger partial charge in [-0.3, -0.25) is 0 Å². The summed E-state index contributed by atoms with van der Waals surface area (Å²) in [7, 11) is 0. The van der Waals surface area contributed by atoms with E-state index in [2.05, 4.69) is 430 Å². The van der Waals surface area contributed by atoms with E-state index in [9.17, 15) is 0 Å². The summed E-state index contributed by atoms with van der Waals surface area (Å²) in [6, 6.07) is 121. The van der Waals surface area contributed by atoms with E-state index in [0.717, 1.165) is 56.9 Å². The highest BCUT2D eigenvalue weighted by Crippen LogP contribution is 2.51. The lowest BCUT2D eigenvalue weighted by Crippen LogP contribution is -2.14.